The van der Waals surface area contributed by atoms with Crippen molar-refractivity contribution in [2.45, 2.75) is 6.42 Å². The van der Waals surface area contributed by atoms with E-state index >= 15 is 0 Å². The van der Waals surface area contributed by atoms with Gasteiger partial charge in [-0.15, -0.1) is 0 Å². The zero-order valence-electron chi connectivity index (χ0n) is 7.70. The fourth-order valence-corrected chi connectivity index (χ4v) is 1.03. The molecule has 0 aromatic heterocycles. The van der Waals surface area contributed by atoms with Crippen molar-refractivity contribution in [1.29, 1.82) is 0 Å². The van der Waals surface area contributed by atoms with E-state index in [2.05, 4.69) is 5.16 Å². The van der Waals surface area contributed by atoms with Crippen LogP contribution in [0.25, 0.3) is 0 Å². The van der Waals surface area contributed by atoms with Gasteiger partial charge in [0.25, 0.3) is 0 Å². The summed E-state index contributed by atoms with van der Waals surface area (Å²) < 4.78 is 18.1. The lowest BCUT2D eigenvalue weighted by molar-refractivity contribution is 0.317. The van der Waals surface area contributed by atoms with Gasteiger partial charge in [-0.1, -0.05) is 11.2 Å². The molecule has 76 valence electrons. The fraction of sp³-hybridized carbons (Fsp3) is 0.222. The van der Waals surface area contributed by atoms with Crippen molar-refractivity contribution >= 4 is 5.84 Å². The molecule has 1 aromatic carbocycles. The SMILES string of the molecule is COc1ccc(C/C(N)=N/O)c(F)c1. The molecule has 0 aliphatic heterocycles. The first-order chi connectivity index (χ1) is 6.67. The Labute approximate surface area is 80.8 Å². The van der Waals surface area contributed by atoms with Crippen molar-refractivity contribution in [3.8, 4) is 5.75 Å². The van der Waals surface area contributed by atoms with Crippen LogP contribution >= 0.6 is 0 Å². The number of hydrogen-bond acceptors (Lipinski definition) is 3. The largest absolute Gasteiger partial charge is 0.497 e. The predicted octanol–water partition coefficient (Wildman–Crippen LogP) is 1.12. The van der Waals surface area contributed by atoms with Gasteiger partial charge in [-0.25, -0.2) is 4.39 Å². The summed E-state index contributed by atoms with van der Waals surface area (Å²) in [5, 5.41) is 11.1. The average Bonchev–Trinajstić information content (AvgIpc) is 2.20. The molecule has 0 spiro atoms. The van der Waals surface area contributed by atoms with Crippen molar-refractivity contribution in [3.63, 3.8) is 0 Å². The summed E-state index contributed by atoms with van der Waals surface area (Å²) in [6.45, 7) is 0. The van der Waals surface area contributed by atoms with Crippen LogP contribution in [0, 0.1) is 5.82 Å². The molecule has 0 amide bonds. The highest BCUT2D eigenvalue weighted by Crippen LogP contribution is 2.16. The Morgan fingerprint density at radius 1 is 1.64 bits per heavy atom. The predicted molar refractivity (Wildman–Crippen MR) is 50.1 cm³/mol. The van der Waals surface area contributed by atoms with Gasteiger partial charge < -0.3 is 15.7 Å². The number of methoxy groups -OCH3 is 1. The van der Waals surface area contributed by atoms with Gasteiger partial charge in [0.05, 0.1) is 7.11 Å². The van der Waals surface area contributed by atoms with E-state index in [0.29, 0.717) is 11.3 Å². The number of halogens is 1. The first-order valence-corrected chi connectivity index (χ1v) is 3.96. The van der Waals surface area contributed by atoms with Gasteiger partial charge in [-0.05, 0) is 11.6 Å². The molecule has 0 aliphatic rings. The Bertz CT molecular complexity index is 353. The second-order valence-corrected chi connectivity index (χ2v) is 2.73. The van der Waals surface area contributed by atoms with Crippen molar-refractivity contribution in [2.24, 2.45) is 10.9 Å². The Kier molecular flexibility index (Phi) is 3.28. The number of ether oxygens (including phenoxy) is 1. The number of benzene rings is 1. The Morgan fingerprint density at radius 3 is 2.86 bits per heavy atom. The van der Waals surface area contributed by atoms with E-state index in [-0.39, 0.29) is 12.3 Å². The lowest BCUT2D eigenvalue weighted by Gasteiger charge is -2.04. The summed E-state index contributed by atoms with van der Waals surface area (Å²) in [6.07, 6.45) is 0.0757. The minimum absolute atomic E-state index is 0.0333. The van der Waals surface area contributed by atoms with Crippen LogP contribution < -0.4 is 10.5 Å². The van der Waals surface area contributed by atoms with E-state index < -0.39 is 5.82 Å². The third-order valence-electron chi connectivity index (χ3n) is 1.76. The van der Waals surface area contributed by atoms with Gasteiger partial charge in [0.1, 0.15) is 17.4 Å². The van der Waals surface area contributed by atoms with Crippen molar-refractivity contribution < 1.29 is 14.3 Å². The molecule has 3 N–H and O–H groups in total. The van der Waals surface area contributed by atoms with Crippen molar-refractivity contribution in [1.82, 2.24) is 0 Å². The third-order valence-corrected chi connectivity index (χ3v) is 1.76. The third kappa shape index (κ3) is 2.35. The zero-order chi connectivity index (χ0) is 10.6. The molecular weight excluding hydrogens is 187 g/mol. The number of oxime groups is 1. The Hall–Kier alpha value is -1.78. The van der Waals surface area contributed by atoms with E-state index in [0.717, 1.165) is 0 Å². The maximum absolute atomic E-state index is 13.3. The van der Waals surface area contributed by atoms with Gasteiger partial charge >= 0.3 is 0 Å². The highest BCUT2D eigenvalue weighted by molar-refractivity contribution is 5.82. The molecule has 0 atom stereocenters. The quantitative estimate of drug-likeness (QED) is 0.331. The first kappa shape index (κ1) is 10.3. The normalized spacial score (nSPS) is 11.4. The van der Waals surface area contributed by atoms with Gasteiger partial charge in [0.15, 0.2) is 0 Å². The molecule has 0 aliphatic carbocycles. The molecule has 1 rings (SSSR count). The molecule has 14 heavy (non-hydrogen) atoms. The van der Waals surface area contributed by atoms with E-state index in [1.165, 1.54) is 19.2 Å². The number of hydrogen-bond donors (Lipinski definition) is 2. The summed E-state index contributed by atoms with van der Waals surface area (Å²) in [5.41, 5.74) is 5.61. The Morgan fingerprint density at radius 2 is 2.36 bits per heavy atom. The van der Waals surface area contributed by atoms with E-state index in [1.54, 1.807) is 6.07 Å². The topological polar surface area (TPSA) is 67.8 Å². The van der Waals surface area contributed by atoms with Gasteiger partial charge in [0.2, 0.25) is 0 Å². The van der Waals surface area contributed by atoms with Crippen molar-refractivity contribution in [2.75, 3.05) is 7.11 Å². The molecule has 0 radical (unpaired) electrons. The monoisotopic (exact) mass is 198 g/mol. The summed E-state index contributed by atoms with van der Waals surface area (Å²) in [5.74, 6) is -0.0317. The van der Waals surface area contributed by atoms with Crippen LogP contribution in [0.4, 0.5) is 4.39 Å². The van der Waals surface area contributed by atoms with Crippen LogP contribution in [-0.2, 0) is 6.42 Å². The number of nitrogens with zero attached hydrogens (tertiary/aromatic N) is 1. The van der Waals surface area contributed by atoms with Crippen molar-refractivity contribution in [3.05, 3.63) is 29.6 Å². The highest BCUT2D eigenvalue weighted by atomic mass is 19.1. The fourth-order valence-electron chi connectivity index (χ4n) is 1.03. The molecule has 0 saturated heterocycles. The highest BCUT2D eigenvalue weighted by Gasteiger charge is 2.05. The van der Waals surface area contributed by atoms with Gasteiger partial charge in [-0.3, -0.25) is 0 Å². The summed E-state index contributed by atoms with van der Waals surface area (Å²) in [6, 6.07) is 4.40. The van der Waals surface area contributed by atoms with E-state index in [1.807, 2.05) is 0 Å². The second kappa shape index (κ2) is 4.45. The van der Waals surface area contributed by atoms with Gasteiger partial charge in [0, 0.05) is 12.5 Å². The molecule has 0 bridgehead atoms. The van der Waals surface area contributed by atoms with Crippen LogP contribution in [-0.4, -0.2) is 18.2 Å². The van der Waals surface area contributed by atoms with E-state index in [9.17, 15) is 4.39 Å². The zero-order valence-corrected chi connectivity index (χ0v) is 7.70. The molecule has 0 fully saturated rings. The smallest absolute Gasteiger partial charge is 0.143 e. The maximum atomic E-state index is 13.3. The maximum Gasteiger partial charge on any atom is 0.143 e. The molecule has 5 heteroatoms. The summed E-state index contributed by atoms with van der Waals surface area (Å²) in [7, 11) is 1.46. The first-order valence-electron chi connectivity index (χ1n) is 3.96. The van der Waals surface area contributed by atoms with Crippen LogP contribution in [0.15, 0.2) is 23.4 Å². The average molecular weight is 198 g/mol. The number of nitrogens with two attached hydrogens (primary N) is 1. The minimum atomic E-state index is -0.434. The number of rotatable bonds is 3. The standard InChI is InChI=1S/C9H11FN2O2/c1-14-7-3-2-6(8(10)5-7)4-9(11)12-13/h2-3,5,13H,4H2,1H3,(H2,11,12). The molecule has 0 unspecified atom stereocenters. The molecule has 1 aromatic rings. The van der Waals surface area contributed by atoms with Gasteiger partial charge in [-0.2, -0.15) is 0 Å². The Balaban J connectivity index is 2.89. The summed E-state index contributed by atoms with van der Waals surface area (Å²) >= 11 is 0. The molecule has 4 nitrogen and oxygen atoms in total. The lowest BCUT2D eigenvalue weighted by atomic mass is 10.1. The van der Waals surface area contributed by atoms with Crippen LogP contribution in [0.3, 0.4) is 0 Å². The molecule has 0 heterocycles. The number of amidine groups is 1. The van der Waals surface area contributed by atoms with Crippen LogP contribution in [0.1, 0.15) is 5.56 Å². The molecular formula is C9H11FN2O2. The second-order valence-electron chi connectivity index (χ2n) is 2.73. The van der Waals surface area contributed by atoms with E-state index in [4.69, 9.17) is 15.7 Å². The molecule has 0 saturated carbocycles. The lowest BCUT2D eigenvalue weighted by Crippen LogP contribution is -2.15. The van der Waals surface area contributed by atoms with Crippen LogP contribution in [0.5, 0.6) is 5.75 Å². The summed E-state index contributed by atoms with van der Waals surface area (Å²) in [4.78, 5) is 0. The minimum Gasteiger partial charge on any atom is -0.497 e. The van der Waals surface area contributed by atoms with Crippen LogP contribution in [0.2, 0.25) is 0 Å².